The first-order valence-corrected chi connectivity index (χ1v) is 7.24. The highest BCUT2D eigenvalue weighted by Crippen LogP contribution is 2.24. The van der Waals surface area contributed by atoms with E-state index in [1.165, 1.54) is 11.1 Å². The zero-order valence-corrected chi connectivity index (χ0v) is 12.7. The zero-order chi connectivity index (χ0) is 15.0. The predicted octanol–water partition coefficient (Wildman–Crippen LogP) is 4.21. The first-order valence-electron chi connectivity index (χ1n) is 7.24. The highest BCUT2D eigenvalue weighted by atomic mass is 14.7. The van der Waals surface area contributed by atoms with Gasteiger partial charge in [-0.25, -0.2) is 0 Å². The average Bonchev–Trinajstić information content (AvgIpc) is 2.45. The molecule has 2 nitrogen and oxygen atoms in total. The lowest BCUT2D eigenvalue weighted by atomic mass is 9.95. The highest BCUT2D eigenvalue weighted by Gasteiger charge is 2.10. The van der Waals surface area contributed by atoms with Crippen molar-refractivity contribution in [3.05, 3.63) is 76.5 Å². The molecule has 1 heterocycles. The minimum absolute atomic E-state index is 0.102. The zero-order valence-electron chi connectivity index (χ0n) is 12.7. The molecule has 1 atom stereocenters. The number of hydrogen-bond donors (Lipinski definition) is 1. The summed E-state index contributed by atoms with van der Waals surface area (Å²) in [5.74, 6) is 0. The number of hydrogen-bond acceptors (Lipinski definition) is 2. The molecule has 0 aliphatic carbocycles. The molecule has 2 heteroatoms. The van der Waals surface area contributed by atoms with Gasteiger partial charge in [0.2, 0.25) is 0 Å². The van der Waals surface area contributed by atoms with Crippen LogP contribution in [0.2, 0.25) is 0 Å². The Morgan fingerprint density at radius 1 is 0.810 bits per heavy atom. The molecule has 106 valence electrons. The van der Waals surface area contributed by atoms with E-state index in [9.17, 15) is 0 Å². The summed E-state index contributed by atoms with van der Waals surface area (Å²) in [7, 11) is 0. The van der Waals surface area contributed by atoms with Crippen LogP contribution in [0, 0.1) is 20.8 Å². The molecular weight excluding hydrogens is 256 g/mol. The summed E-state index contributed by atoms with van der Waals surface area (Å²) in [6.45, 7) is 6.22. The van der Waals surface area contributed by atoms with Crippen LogP contribution in [0.1, 0.15) is 34.0 Å². The minimum atomic E-state index is -0.102. The smallest absolute Gasteiger partial charge is 0.0705 e. The number of nitrogens with two attached hydrogens (primary N) is 1. The van der Waals surface area contributed by atoms with Crippen LogP contribution in [-0.4, -0.2) is 4.98 Å². The molecule has 21 heavy (non-hydrogen) atoms. The topological polar surface area (TPSA) is 38.9 Å². The van der Waals surface area contributed by atoms with E-state index in [4.69, 9.17) is 5.73 Å². The van der Waals surface area contributed by atoms with E-state index in [1.54, 1.807) is 0 Å². The molecule has 0 bridgehead atoms. The van der Waals surface area contributed by atoms with Gasteiger partial charge in [-0.15, -0.1) is 0 Å². The Morgan fingerprint density at radius 2 is 1.52 bits per heavy atom. The molecule has 2 N–H and O–H groups in total. The van der Waals surface area contributed by atoms with Gasteiger partial charge in [0.25, 0.3) is 0 Å². The standard InChI is InChI=1S/C19H20N2/c1-12-8-13(2)10-17(9-12)19(20)16-6-7-18-15(11-16)5-4-14(3)21-18/h4-11,19H,20H2,1-3H3. The first-order chi connectivity index (χ1) is 10.0. The molecule has 3 aromatic rings. The third-order valence-corrected chi connectivity index (χ3v) is 3.81. The molecule has 0 fully saturated rings. The second-order valence-electron chi connectivity index (χ2n) is 5.80. The van der Waals surface area contributed by atoms with Gasteiger partial charge >= 0.3 is 0 Å². The van der Waals surface area contributed by atoms with Crippen molar-refractivity contribution in [1.82, 2.24) is 4.98 Å². The van der Waals surface area contributed by atoms with Crippen LogP contribution < -0.4 is 5.73 Å². The summed E-state index contributed by atoms with van der Waals surface area (Å²) < 4.78 is 0. The number of fused-ring (bicyclic) bond motifs is 1. The van der Waals surface area contributed by atoms with Crippen LogP contribution in [0.15, 0.2) is 48.5 Å². The van der Waals surface area contributed by atoms with E-state index in [0.29, 0.717) is 0 Å². The lowest BCUT2D eigenvalue weighted by molar-refractivity contribution is 0.869. The van der Waals surface area contributed by atoms with Gasteiger partial charge in [-0.2, -0.15) is 0 Å². The number of benzene rings is 2. The van der Waals surface area contributed by atoms with Crippen molar-refractivity contribution in [2.45, 2.75) is 26.8 Å². The maximum absolute atomic E-state index is 6.45. The Hall–Kier alpha value is -2.19. The fraction of sp³-hybridized carbons (Fsp3) is 0.211. The molecule has 0 spiro atoms. The van der Waals surface area contributed by atoms with Crippen molar-refractivity contribution >= 4 is 10.9 Å². The van der Waals surface area contributed by atoms with E-state index in [-0.39, 0.29) is 6.04 Å². The molecule has 0 saturated heterocycles. The molecule has 0 amide bonds. The maximum Gasteiger partial charge on any atom is 0.0705 e. The van der Waals surface area contributed by atoms with E-state index in [0.717, 1.165) is 27.7 Å². The fourth-order valence-electron chi connectivity index (χ4n) is 2.82. The van der Waals surface area contributed by atoms with Crippen LogP contribution in [-0.2, 0) is 0 Å². The van der Waals surface area contributed by atoms with Gasteiger partial charge in [0, 0.05) is 11.1 Å². The summed E-state index contributed by atoms with van der Waals surface area (Å²) in [4.78, 5) is 4.54. The van der Waals surface area contributed by atoms with Gasteiger partial charge in [-0.05, 0) is 50.1 Å². The Labute approximate surface area is 125 Å². The van der Waals surface area contributed by atoms with Gasteiger partial charge in [0.1, 0.15) is 0 Å². The fourth-order valence-corrected chi connectivity index (χ4v) is 2.82. The second kappa shape index (κ2) is 5.30. The number of aromatic nitrogens is 1. The van der Waals surface area contributed by atoms with E-state index in [1.807, 2.05) is 13.0 Å². The largest absolute Gasteiger partial charge is 0.320 e. The summed E-state index contributed by atoms with van der Waals surface area (Å²) in [5.41, 5.74) is 13.3. The second-order valence-corrected chi connectivity index (χ2v) is 5.80. The maximum atomic E-state index is 6.45. The van der Waals surface area contributed by atoms with Crippen LogP contribution in [0.4, 0.5) is 0 Å². The predicted molar refractivity (Wildman–Crippen MR) is 88.4 cm³/mol. The van der Waals surface area contributed by atoms with E-state index in [2.05, 4.69) is 61.3 Å². The van der Waals surface area contributed by atoms with E-state index >= 15 is 0 Å². The van der Waals surface area contributed by atoms with Crippen molar-refractivity contribution < 1.29 is 0 Å². The number of aryl methyl sites for hydroxylation is 3. The van der Waals surface area contributed by atoms with Crippen LogP contribution in [0.25, 0.3) is 10.9 Å². The van der Waals surface area contributed by atoms with E-state index < -0.39 is 0 Å². The summed E-state index contributed by atoms with van der Waals surface area (Å²) in [5, 5.41) is 1.14. The highest BCUT2D eigenvalue weighted by molar-refractivity contribution is 5.79. The summed E-state index contributed by atoms with van der Waals surface area (Å²) >= 11 is 0. The Balaban J connectivity index is 2.04. The molecule has 0 aliphatic heterocycles. The van der Waals surface area contributed by atoms with Crippen molar-refractivity contribution in [3.63, 3.8) is 0 Å². The lowest BCUT2D eigenvalue weighted by Gasteiger charge is -2.15. The first kappa shape index (κ1) is 13.8. The Kier molecular flexibility index (Phi) is 3.48. The Bertz CT molecular complexity index is 786. The molecule has 0 radical (unpaired) electrons. The summed E-state index contributed by atoms with van der Waals surface area (Å²) in [6.07, 6.45) is 0. The minimum Gasteiger partial charge on any atom is -0.320 e. The normalized spacial score (nSPS) is 12.6. The SMILES string of the molecule is Cc1cc(C)cc(C(N)c2ccc3nc(C)ccc3c2)c1. The third kappa shape index (κ3) is 2.81. The van der Waals surface area contributed by atoms with Gasteiger partial charge in [-0.3, -0.25) is 4.98 Å². The number of rotatable bonds is 2. The van der Waals surface area contributed by atoms with Gasteiger partial charge in [-0.1, -0.05) is 41.5 Å². The molecule has 1 unspecified atom stereocenters. The lowest BCUT2D eigenvalue weighted by Crippen LogP contribution is -2.12. The molecule has 3 rings (SSSR count). The van der Waals surface area contributed by atoms with Crippen molar-refractivity contribution in [2.75, 3.05) is 0 Å². The third-order valence-electron chi connectivity index (χ3n) is 3.81. The Morgan fingerprint density at radius 3 is 2.24 bits per heavy atom. The summed E-state index contributed by atoms with van der Waals surface area (Å²) in [6, 6.07) is 16.8. The van der Waals surface area contributed by atoms with Crippen LogP contribution in [0.3, 0.4) is 0 Å². The van der Waals surface area contributed by atoms with Gasteiger partial charge in [0.15, 0.2) is 0 Å². The van der Waals surface area contributed by atoms with Gasteiger partial charge < -0.3 is 5.73 Å². The van der Waals surface area contributed by atoms with Gasteiger partial charge in [0.05, 0.1) is 11.6 Å². The molecule has 1 aromatic heterocycles. The van der Waals surface area contributed by atoms with Crippen molar-refractivity contribution in [1.29, 1.82) is 0 Å². The molecular formula is C19H20N2. The molecule has 0 saturated carbocycles. The van der Waals surface area contributed by atoms with Crippen molar-refractivity contribution in [3.8, 4) is 0 Å². The monoisotopic (exact) mass is 276 g/mol. The van der Waals surface area contributed by atoms with Crippen molar-refractivity contribution in [2.24, 2.45) is 5.73 Å². The molecule has 0 aliphatic rings. The number of nitrogens with zero attached hydrogens (tertiary/aromatic N) is 1. The quantitative estimate of drug-likeness (QED) is 0.761. The average molecular weight is 276 g/mol. The number of pyridine rings is 1. The molecule has 2 aromatic carbocycles. The van der Waals surface area contributed by atoms with Crippen LogP contribution in [0.5, 0.6) is 0 Å². The van der Waals surface area contributed by atoms with Crippen LogP contribution >= 0.6 is 0 Å².